The molecular formula is C7H14ClNO2. The molecule has 0 rings (SSSR count). The number of carbonyl (C=O) groups is 1. The molecule has 0 aliphatic rings. The Kier molecular flexibility index (Phi) is 9.00. The Hall–Kier alpha value is -0.540. The maximum atomic E-state index is 10.1. The molecule has 0 saturated carbocycles. The normalized spacial score (nSPS) is 12.5. The summed E-state index contributed by atoms with van der Waals surface area (Å²) >= 11 is 0. The van der Waals surface area contributed by atoms with Crippen LogP contribution in [0.1, 0.15) is 19.8 Å². The number of carboxylic acids is 1. The van der Waals surface area contributed by atoms with Crippen LogP contribution in [0, 0.1) is 0 Å². The van der Waals surface area contributed by atoms with Crippen LogP contribution < -0.4 is 5.73 Å². The summed E-state index contributed by atoms with van der Waals surface area (Å²) < 4.78 is 0. The highest BCUT2D eigenvalue weighted by atomic mass is 35.5. The van der Waals surface area contributed by atoms with Gasteiger partial charge in [-0.1, -0.05) is 19.1 Å². The molecule has 3 nitrogen and oxygen atoms in total. The molecule has 0 fully saturated rings. The van der Waals surface area contributed by atoms with Gasteiger partial charge in [-0.15, -0.1) is 12.4 Å². The van der Waals surface area contributed by atoms with Crippen LogP contribution in [0.3, 0.4) is 0 Å². The van der Waals surface area contributed by atoms with Gasteiger partial charge < -0.3 is 10.8 Å². The molecule has 0 aromatic rings. The van der Waals surface area contributed by atoms with E-state index in [-0.39, 0.29) is 12.4 Å². The third-order valence-electron chi connectivity index (χ3n) is 1.11. The maximum absolute atomic E-state index is 10.1. The molecule has 0 aliphatic heterocycles. The molecule has 11 heavy (non-hydrogen) atoms. The topological polar surface area (TPSA) is 63.3 Å². The summed E-state index contributed by atoms with van der Waals surface area (Å²) in [7, 11) is 0. The minimum atomic E-state index is -0.944. The van der Waals surface area contributed by atoms with Crippen molar-refractivity contribution in [1.29, 1.82) is 0 Å². The summed E-state index contributed by atoms with van der Waals surface area (Å²) in [5.74, 6) is -0.944. The lowest BCUT2D eigenvalue weighted by atomic mass is 10.2. The van der Waals surface area contributed by atoms with Crippen molar-refractivity contribution in [3.63, 3.8) is 0 Å². The third-order valence-corrected chi connectivity index (χ3v) is 1.11. The summed E-state index contributed by atoms with van der Waals surface area (Å²) in [6, 6.07) is -0.747. The highest BCUT2D eigenvalue weighted by Crippen LogP contribution is 1.91. The van der Waals surface area contributed by atoms with Gasteiger partial charge >= 0.3 is 5.97 Å². The highest BCUT2D eigenvalue weighted by molar-refractivity contribution is 5.85. The molecular weight excluding hydrogens is 166 g/mol. The van der Waals surface area contributed by atoms with Gasteiger partial charge in [-0.3, -0.25) is 4.79 Å². The molecule has 0 heterocycles. The lowest BCUT2D eigenvalue weighted by Crippen LogP contribution is -2.29. The molecule has 0 saturated heterocycles. The Labute approximate surface area is 72.7 Å². The largest absolute Gasteiger partial charge is 0.480 e. The van der Waals surface area contributed by atoms with Gasteiger partial charge in [0, 0.05) is 0 Å². The summed E-state index contributed by atoms with van der Waals surface area (Å²) in [6.07, 6.45) is 5.04. The Morgan fingerprint density at radius 1 is 1.64 bits per heavy atom. The molecule has 0 aromatic heterocycles. The van der Waals surface area contributed by atoms with Gasteiger partial charge in [0.1, 0.15) is 6.04 Å². The lowest BCUT2D eigenvalue weighted by Gasteiger charge is -1.99. The van der Waals surface area contributed by atoms with Crippen LogP contribution in [-0.4, -0.2) is 17.1 Å². The van der Waals surface area contributed by atoms with E-state index in [0.29, 0.717) is 6.42 Å². The minimum Gasteiger partial charge on any atom is -0.480 e. The SMILES string of the molecule is CC/C=C/CC(N)C(=O)O.Cl. The Morgan fingerprint density at radius 2 is 2.18 bits per heavy atom. The fourth-order valence-electron chi connectivity index (χ4n) is 0.510. The standard InChI is InChI=1S/C7H13NO2.ClH/c1-2-3-4-5-6(8)7(9)10;/h3-4,6H,2,5,8H2,1H3,(H,9,10);1H/b4-3+;. The second kappa shape index (κ2) is 7.57. The van der Waals surface area contributed by atoms with E-state index in [4.69, 9.17) is 10.8 Å². The summed E-state index contributed by atoms with van der Waals surface area (Å²) in [4.78, 5) is 10.1. The zero-order valence-corrected chi connectivity index (χ0v) is 7.30. The average molecular weight is 180 g/mol. The number of rotatable bonds is 4. The fraction of sp³-hybridized carbons (Fsp3) is 0.571. The minimum absolute atomic E-state index is 0. The van der Waals surface area contributed by atoms with Crippen LogP contribution in [0.25, 0.3) is 0 Å². The number of hydrogen-bond acceptors (Lipinski definition) is 2. The van der Waals surface area contributed by atoms with E-state index in [1.165, 1.54) is 0 Å². The second-order valence-electron chi connectivity index (χ2n) is 2.06. The predicted octanol–water partition coefficient (Wildman–Crippen LogP) is 1.18. The van der Waals surface area contributed by atoms with Crippen molar-refractivity contribution in [1.82, 2.24) is 0 Å². The molecule has 3 N–H and O–H groups in total. The molecule has 0 spiro atoms. The van der Waals surface area contributed by atoms with Crippen LogP contribution in [0.4, 0.5) is 0 Å². The van der Waals surface area contributed by atoms with Gasteiger partial charge in [-0.25, -0.2) is 0 Å². The molecule has 4 heteroatoms. The quantitative estimate of drug-likeness (QED) is 0.637. The molecule has 0 aromatic carbocycles. The number of nitrogens with two attached hydrogens (primary N) is 1. The summed E-state index contributed by atoms with van der Waals surface area (Å²) in [5, 5.41) is 8.32. The van der Waals surface area contributed by atoms with Gasteiger partial charge in [-0.2, -0.15) is 0 Å². The number of carboxylic acid groups (broad SMARTS) is 1. The summed E-state index contributed by atoms with van der Waals surface area (Å²) in [5.41, 5.74) is 5.21. The summed E-state index contributed by atoms with van der Waals surface area (Å²) in [6.45, 7) is 1.99. The first-order chi connectivity index (χ1) is 4.68. The number of hydrogen-bond donors (Lipinski definition) is 2. The molecule has 1 atom stereocenters. The van der Waals surface area contributed by atoms with Crippen molar-refractivity contribution in [2.75, 3.05) is 0 Å². The molecule has 0 radical (unpaired) electrons. The van der Waals surface area contributed by atoms with Crippen molar-refractivity contribution in [2.45, 2.75) is 25.8 Å². The van der Waals surface area contributed by atoms with E-state index in [9.17, 15) is 4.79 Å². The van der Waals surface area contributed by atoms with E-state index in [2.05, 4.69) is 0 Å². The van der Waals surface area contributed by atoms with Crippen molar-refractivity contribution in [3.8, 4) is 0 Å². The zero-order valence-electron chi connectivity index (χ0n) is 6.49. The smallest absolute Gasteiger partial charge is 0.320 e. The van der Waals surface area contributed by atoms with Crippen molar-refractivity contribution >= 4 is 18.4 Å². The first-order valence-corrected chi connectivity index (χ1v) is 3.31. The van der Waals surface area contributed by atoms with Crippen LogP contribution in [-0.2, 0) is 4.79 Å². The average Bonchev–Trinajstić information content (AvgIpc) is 1.88. The van der Waals surface area contributed by atoms with E-state index in [1.54, 1.807) is 6.08 Å². The van der Waals surface area contributed by atoms with Crippen LogP contribution in [0.2, 0.25) is 0 Å². The number of allylic oxidation sites excluding steroid dienone is 1. The van der Waals surface area contributed by atoms with Crippen molar-refractivity contribution in [3.05, 3.63) is 12.2 Å². The number of halogens is 1. The first kappa shape index (κ1) is 13.1. The van der Waals surface area contributed by atoms with Crippen LogP contribution in [0.15, 0.2) is 12.2 Å². The third kappa shape index (κ3) is 7.36. The molecule has 1 unspecified atom stereocenters. The van der Waals surface area contributed by atoms with E-state index in [0.717, 1.165) is 6.42 Å². The van der Waals surface area contributed by atoms with Gasteiger partial charge in [0.25, 0.3) is 0 Å². The maximum Gasteiger partial charge on any atom is 0.320 e. The molecule has 0 aliphatic carbocycles. The molecule has 66 valence electrons. The van der Waals surface area contributed by atoms with Gasteiger partial charge in [0.15, 0.2) is 0 Å². The van der Waals surface area contributed by atoms with Crippen LogP contribution >= 0.6 is 12.4 Å². The van der Waals surface area contributed by atoms with Gasteiger partial charge in [0.2, 0.25) is 0 Å². The molecule has 0 amide bonds. The predicted molar refractivity (Wildman–Crippen MR) is 46.9 cm³/mol. The van der Waals surface area contributed by atoms with Gasteiger partial charge in [-0.05, 0) is 12.8 Å². The van der Waals surface area contributed by atoms with E-state index in [1.807, 2.05) is 13.0 Å². The fourth-order valence-corrected chi connectivity index (χ4v) is 0.510. The van der Waals surface area contributed by atoms with Crippen LogP contribution in [0.5, 0.6) is 0 Å². The second-order valence-corrected chi connectivity index (χ2v) is 2.06. The van der Waals surface area contributed by atoms with Gasteiger partial charge in [0.05, 0.1) is 0 Å². The van der Waals surface area contributed by atoms with E-state index >= 15 is 0 Å². The Bertz CT molecular complexity index is 136. The molecule has 0 bridgehead atoms. The number of aliphatic carboxylic acids is 1. The highest BCUT2D eigenvalue weighted by Gasteiger charge is 2.07. The Balaban J connectivity index is 0. The van der Waals surface area contributed by atoms with Crippen molar-refractivity contribution in [2.24, 2.45) is 5.73 Å². The monoisotopic (exact) mass is 179 g/mol. The van der Waals surface area contributed by atoms with Crippen molar-refractivity contribution < 1.29 is 9.90 Å². The van der Waals surface area contributed by atoms with E-state index < -0.39 is 12.0 Å². The first-order valence-electron chi connectivity index (χ1n) is 3.31. The zero-order chi connectivity index (χ0) is 7.98. The lowest BCUT2D eigenvalue weighted by molar-refractivity contribution is -0.138. The Morgan fingerprint density at radius 3 is 2.55 bits per heavy atom.